The van der Waals surface area contributed by atoms with E-state index in [0.29, 0.717) is 5.92 Å². The van der Waals surface area contributed by atoms with Gasteiger partial charge in [0.15, 0.2) is 0 Å². The molecule has 40 heavy (non-hydrogen) atoms. The van der Waals surface area contributed by atoms with Crippen LogP contribution in [0.5, 0.6) is 0 Å². The first kappa shape index (κ1) is 31.1. The third-order valence-electron chi connectivity index (χ3n) is 7.39. The van der Waals surface area contributed by atoms with E-state index in [9.17, 15) is 0 Å². The van der Waals surface area contributed by atoms with Crippen molar-refractivity contribution in [2.75, 3.05) is 0 Å². The third-order valence-corrected chi connectivity index (χ3v) is 8.76. The number of halogens is 2. The first-order valence-electron chi connectivity index (χ1n) is 13.8. The molecule has 5 aromatic rings. The van der Waals surface area contributed by atoms with Crippen LogP contribution in [0.4, 0.5) is 0 Å². The van der Waals surface area contributed by atoms with E-state index in [0.717, 1.165) is 15.9 Å². The average Bonchev–Trinajstić information content (AvgIpc) is 3.55. The molecule has 4 heteroatoms. The summed E-state index contributed by atoms with van der Waals surface area (Å²) in [5.74, 6) is 0.560. The number of rotatable bonds is 3. The smallest absolute Gasteiger partial charge is 0.0920 e. The van der Waals surface area contributed by atoms with E-state index < -0.39 is 20.8 Å². The Bertz CT molecular complexity index is 1530. The summed E-state index contributed by atoms with van der Waals surface area (Å²) < 4.78 is 0. The van der Waals surface area contributed by atoms with Gasteiger partial charge in [0.05, 0.1) is 9.52 Å². The van der Waals surface area contributed by atoms with Crippen molar-refractivity contribution >= 4 is 47.7 Å². The zero-order valence-corrected chi connectivity index (χ0v) is 29.2. The molecule has 0 aliphatic carbocycles. The molecule has 1 aliphatic rings. The molecule has 0 saturated carbocycles. The van der Waals surface area contributed by atoms with Crippen molar-refractivity contribution in [2.24, 2.45) is 0 Å². The molecule has 0 bridgehead atoms. The summed E-state index contributed by atoms with van der Waals surface area (Å²) in [6.45, 7) is 13.8. The molecule has 0 atom stereocenters. The summed E-state index contributed by atoms with van der Waals surface area (Å²) in [6.07, 6.45) is 1.06. The Hall–Kier alpha value is -1.83. The molecule has 0 fully saturated rings. The summed E-state index contributed by atoms with van der Waals surface area (Å²) in [5.41, 5.74) is 10.0. The SMILES string of the molecule is CCc1ccccc1-c1c(C(C)(C)C)ccc2[cH-]c(C(C)C)cc12.[Cl][Zr+2][Cl].[c-]1cccc2c1[Si]c1ccccc1-2. The van der Waals surface area contributed by atoms with E-state index in [1.54, 1.807) is 0 Å². The maximum Gasteiger partial charge on any atom is 0.0920 e. The van der Waals surface area contributed by atoms with Gasteiger partial charge in [0.25, 0.3) is 0 Å². The quantitative estimate of drug-likeness (QED) is 0.131. The molecule has 0 N–H and O–H groups in total. The monoisotopic (exact) mass is 656 g/mol. The van der Waals surface area contributed by atoms with Gasteiger partial charge < -0.3 is 0 Å². The van der Waals surface area contributed by atoms with Gasteiger partial charge in [-0.2, -0.15) is 35.5 Å². The Labute approximate surface area is 262 Å². The van der Waals surface area contributed by atoms with Crippen molar-refractivity contribution in [2.45, 2.75) is 59.3 Å². The molecule has 1 aliphatic heterocycles. The van der Waals surface area contributed by atoms with Gasteiger partial charge in [-0.3, -0.25) is 0 Å². The van der Waals surface area contributed by atoms with Crippen LogP contribution in [-0.2, 0) is 32.7 Å². The Balaban J connectivity index is 0.000000192. The zero-order chi connectivity index (χ0) is 28.9. The molecule has 0 nitrogen and oxygen atoms in total. The largest absolute Gasteiger partial charge is 0.184 e. The van der Waals surface area contributed by atoms with Crippen LogP contribution in [0.25, 0.3) is 33.0 Å². The topological polar surface area (TPSA) is 0 Å². The summed E-state index contributed by atoms with van der Waals surface area (Å²) in [5, 5.41) is 5.60. The Morgan fingerprint density at radius 1 is 0.875 bits per heavy atom. The van der Waals surface area contributed by atoms with Crippen LogP contribution in [0.15, 0.2) is 91.0 Å². The minimum atomic E-state index is -0.826. The van der Waals surface area contributed by atoms with Crippen LogP contribution in [0, 0.1) is 6.07 Å². The van der Waals surface area contributed by atoms with E-state index in [2.05, 4.69) is 133 Å². The minimum Gasteiger partial charge on any atom is -0.184 e. The summed E-state index contributed by atoms with van der Waals surface area (Å²) >= 11 is -0.826. The molecule has 1 heterocycles. The second-order valence-electron chi connectivity index (χ2n) is 11.4. The number of hydrogen-bond acceptors (Lipinski definition) is 0. The van der Waals surface area contributed by atoms with Crippen molar-refractivity contribution in [1.82, 2.24) is 0 Å². The standard InChI is InChI=1S/C24H29.C12H7Si.2ClH.Zr/c1-7-17-10-8-9-11-20(17)23-21-15-19(16(2)3)14-18(21)12-13-22(23)24(4,5)6;1-3-7-11-9(5-1)10-6-2-4-8-12(10)13-11;;;/h8-16H,7H2,1-6H3;1-7H;2*1H;/q2*-1;;;+4/p-2. The van der Waals surface area contributed by atoms with Crippen molar-refractivity contribution in [3.05, 3.63) is 114 Å². The van der Waals surface area contributed by atoms with Gasteiger partial charge in [-0.15, -0.1) is 40.1 Å². The van der Waals surface area contributed by atoms with E-state index in [-0.39, 0.29) is 5.41 Å². The van der Waals surface area contributed by atoms with Gasteiger partial charge in [0.1, 0.15) is 0 Å². The number of fused-ring (bicyclic) bond motifs is 4. The van der Waals surface area contributed by atoms with Crippen LogP contribution in [0.3, 0.4) is 0 Å². The van der Waals surface area contributed by atoms with Crippen molar-refractivity contribution in [3.8, 4) is 22.3 Å². The van der Waals surface area contributed by atoms with E-state index in [1.807, 2.05) is 6.07 Å². The molecule has 0 unspecified atom stereocenters. The number of benzene rings is 4. The average molecular weight is 659 g/mol. The second-order valence-corrected chi connectivity index (χ2v) is 16.4. The number of aryl methyl sites for hydroxylation is 1. The maximum absolute atomic E-state index is 4.93. The third kappa shape index (κ3) is 6.96. The minimum absolute atomic E-state index is 0.125. The molecule has 0 spiro atoms. The van der Waals surface area contributed by atoms with E-state index in [1.165, 1.54) is 60.1 Å². The second kappa shape index (κ2) is 13.9. The molecule has 2 radical (unpaired) electrons. The molecule has 202 valence electrons. The fourth-order valence-electron chi connectivity index (χ4n) is 5.35. The van der Waals surface area contributed by atoms with Gasteiger partial charge in [0.2, 0.25) is 0 Å². The molecular formula is C36H36Cl2SiZr. The van der Waals surface area contributed by atoms with Crippen molar-refractivity contribution < 1.29 is 20.8 Å². The van der Waals surface area contributed by atoms with Gasteiger partial charge in [0, 0.05) is 0 Å². The fourth-order valence-corrected chi connectivity index (χ4v) is 6.66. The van der Waals surface area contributed by atoms with E-state index >= 15 is 0 Å². The van der Waals surface area contributed by atoms with Crippen molar-refractivity contribution in [3.63, 3.8) is 0 Å². The van der Waals surface area contributed by atoms with Crippen LogP contribution < -0.4 is 10.4 Å². The predicted molar refractivity (Wildman–Crippen MR) is 175 cm³/mol. The van der Waals surface area contributed by atoms with Crippen LogP contribution in [0.1, 0.15) is 64.2 Å². The van der Waals surface area contributed by atoms with Crippen LogP contribution >= 0.6 is 17.0 Å². The first-order chi connectivity index (χ1) is 19.2. The summed E-state index contributed by atoms with van der Waals surface area (Å²) in [7, 11) is 10.7. The molecule has 0 saturated heterocycles. The van der Waals surface area contributed by atoms with Gasteiger partial charge >= 0.3 is 37.9 Å². The first-order valence-corrected chi connectivity index (χ1v) is 21.2. The Morgan fingerprint density at radius 2 is 1.52 bits per heavy atom. The molecule has 0 amide bonds. The molecule has 6 rings (SSSR count). The van der Waals surface area contributed by atoms with Crippen LogP contribution in [0.2, 0.25) is 0 Å². The molecule has 0 aromatic heterocycles. The van der Waals surface area contributed by atoms with E-state index in [4.69, 9.17) is 17.0 Å². The fraction of sp³-hybridized carbons (Fsp3) is 0.250. The van der Waals surface area contributed by atoms with Crippen LogP contribution in [-0.4, -0.2) is 9.52 Å². The molecule has 5 aromatic carbocycles. The number of hydrogen-bond donors (Lipinski definition) is 0. The van der Waals surface area contributed by atoms with Gasteiger partial charge in [-0.05, 0) is 28.9 Å². The Morgan fingerprint density at radius 3 is 2.20 bits per heavy atom. The molecular weight excluding hydrogens is 623 g/mol. The summed E-state index contributed by atoms with van der Waals surface area (Å²) in [4.78, 5) is 0. The maximum atomic E-state index is 4.93. The summed E-state index contributed by atoms with van der Waals surface area (Å²) in [6, 6.07) is 36.5. The van der Waals surface area contributed by atoms with Gasteiger partial charge in [-0.25, -0.2) is 0 Å². The van der Waals surface area contributed by atoms with Crippen molar-refractivity contribution in [1.29, 1.82) is 0 Å². The zero-order valence-electron chi connectivity index (χ0n) is 24.2. The normalized spacial score (nSPS) is 11.6. The Kier molecular flexibility index (Phi) is 10.8. The predicted octanol–water partition coefficient (Wildman–Crippen LogP) is 9.71. The van der Waals surface area contributed by atoms with Gasteiger partial charge in [-0.1, -0.05) is 112 Å².